The fourth-order valence-electron chi connectivity index (χ4n) is 1.41. The van der Waals surface area contributed by atoms with E-state index in [1.165, 1.54) is 6.33 Å². The number of ether oxygens (including phenoxy) is 1. The smallest absolute Gasteiger partial charge is 0.370 e. The highest BCUT2D eigenvalue weighted by Crippen LogP contribution is 2.14. The minimum atomic E-state index is -4.33. The summed E-state index contributed by atoms with van der Waals surface area (Å²) < 4.78 is 41.9. The highest BCUT2D eigenvalue weighted by molar-refractivity contribution is 4.89. The van der Waals surface area contributed by atoms with Gasteiger partial charge in [-0.3, -0.25) is 16.0 Å². The largest absolute Gasteiger partial charge is 0.411 e. The van der Waals surface area contributed by atoms with Gasteiger partial charge >= 0.3 is 6.18 Å². The number of hydrazine groups is 1. The Morgan fingerprint density at radius 1 is 1.56 bits per heavy atom. The minimum absolute atomic E-state index is 0.146. The fourth-order valence-corrected chi connectivity index (χ4v) is 1.41. The van der Waals surface area contributed by atoms with Gasteiger partial charge in [-0.2, -0.15) is 18.3 Å². The number of halogens is 3. The summed E-state index contributed by atoms with van der Waals surface area (Å²) in [4.78, 5) is 4.01. The number of hydrogen-bond acceptors (Lipinski definition) is 5. The summed E-state index contributed by atoms with van der Waals surface area (Å²) in [5, 5.41) is 3.96. The zero-order valence-electron chi connectivity index (χ0n) is 9.94. The normalized spacial score (nSPS) is 13.8. The van der Waals surface area contributed by atoms with Crippen LogP contribution >= 0.6 is 0 Å². The van der Waals surface area contributed by atoms with Crippen LogP contribution in [0.15, 0.2) is 6.33 Å². The zero-order valence-corrected chi connectivity index (χ0v) is 9.94. The summed E-state index contributed by atoms with van der Waals surface area (Å²) >= 11 is 0. The second-order valence-corrected chi connectivity index (χ2v) is 3.69. The summed E-state index contributed by atoms with van der Waals surface area (Å²) in [7, 11) is 0. The van der Waals surface area contributed by atoms with Crippen molar-refractivity contribution in [1.29, 1.82) is 0 Å². The molecule has 0 radical (unpaired) electrons. The maximum Gasteiger partial charge on any atom is 0.411 e. The van der Waals surface area contributed by atoms with E-state index in [2.05, 4.69) is 20.2 Å². The van der Waals surface area contributed by atoms with E-state index in [0.29, 0.717) is 18.8 Å². The van der Waals surface area contributed by atoms with Crippen LogP contribution in [0.25, 0.3) is 0 Å². The average Bonchev–Trinajstić information content (AvgIpc) is 2.73. The Morgan fingerprint density at radius 3 is 2.83 bits per heavy atom. The van der Waals surface area contributed by atoms with Gasteiger partial charge in [0, 0.05) is 13.0 Å². The molecule has 1 atom stereocenters. The van der Waals surface area contributed by atoms with Crippen molar-refractivity contribution in [2.45, 2.75) is 32.1 Å². The Balaban J connectivity index is 2.42. The van der Waals surface area contributed by atoms with Crippen LogP contribution in [-0.2, 0) is 17.7 Å². The summed E-state index contributed by atoms with van der Waals surface area (Å²) in [6.07, 6.45) is -2.59. The Morgan fingerprint density at radius 2 is 2.28 bits per heavy atom. The molecular formula is C9H16F3N5O. The van der Waals surface area contributed by atoms with Gasteiger partial charge in [0.15, 0.2) is 0 Å². The van der Waals surface area contributed by atoms with Gasteiger partial charge in [0.05, 0.1) is 12.6 Å². The molecule has 18 heavy (non-hydrogen) atoms. The van der Waals surface area contributed by atoms with Gasteiger partial charge in [-0.15, -0.1) is 0 Å². The third-order valence-electron chi connectivity index (χ3n) is 2.24. The molecule has 9 heteroatoms. The first-order chi connectivity index (χ1) is 8.46. The molecule has 0 aliphatic rings. The first-order valence-electron chi connectivity index (χ1n) is 5.43. The highest BCUT2D eigenvalue weighted by Gasteiger charge is 2.28. The van der Waals surface area contributed by atoms with E-state index in [0.717, 1.165) is 0 Å². The topological polar surface area (TPSA) is 78.0 Å². The Hall–Kier alpha value is -1.19. The minimum Gasteiger partial charge on any atom is -0.370 e. The van der Waals surface area contributed by atoms with Crippen molar-refractivity contribution in [3.63, 3.8) is 0 Å². The van der Waals surface area contributed by atoms with Crippen molar-refractivity contribution in [2.75, 3.05) is 13.2 Å². The van der Waals surface area contributed by atoms with Crippen LogP contribution < -0.4 is 11.3 Å². The van der Waals surface area contributed by atoms with Gasteiger partial charge in [-0.25, -0.2) is 4.98 Å². The van der Waals surface area contributed by atoms with Crippen LogP contribution in [0.3, 0.4) is 0 Å². The summed E-state index contributed by atoms with van der Waals surface area (Å²) in [6.45, 7) is 1.09. The van der Waals surface area contributed by atoms with Crippen molar-refractivity contribution in [3.05, 3.63) is 12.2 Å². The molecule has 0 spiro atoms. The van der Waals surface area contributed by atoms with E-state index < -0.39 is 18.8 Å². The van der Waals surface area contributed by atoms with Crippen molar-refractivity contribution >= 4 is 0 Å². The number of alkyl halides is 3. The first kappa shape index (κ1) is 14.9. The van der Waals surface area contributed by atoms with Crippen molar-refractivity contribution in [1.82, 2.24) is 20.2 Å². The van der Waals surface area contributed by atoms with E-state index >= 15 is 0 Å². The molecule has 0 saturated carbocycles. The van der Waals surface area contributed by atoms with E-state index in [-0.39, 0.29) is 6.61 Å². The molecule has 0 fully saturated rings. The molecule has 1 unspecified atom stereocenters. The lowest BCUT2D eigenvalue weighted by Gasteiger charge is -2.16. The second-order valence-electron chi connectivity index (χ2n) is 3.69. The number of aryl methyl sites for hydroxylation is 1. The second kappa shape index (κ2) is 6.66. The lowest BCUT2D eigenvalue weighted by atomic mass is 10.2. The molecule has 1 heterocycles. The number of rotatable bonds is 7. The van der Waals surface area contributed by atoms with E-state index in [1.54, 1.807) is 4.68 Å². The molecule has 0 aromatic carbocycles. The molecule has 0 bridgehead atoms. The van der Waals surface area contributed by atoms with E-state index in [4.69, 9.17) is 5.84 Å². The summed E-state index contributed by atoms with van der Waals surface area (Å²) in [6, 6.07) is -0.443. The van der Waals surface area contributed by atoms with Gasteiger partial charge in [0.25, 0.3) is 0 Å². The Bertz CT molecular complexity index is 354. The van der Waals surface area contributed by atoms with Crippen molar-refractivity contribution < 1.29 is 17.9 Å². The number of nitrogens with one attached hydrogen (secondary N) is 1. The zero-order chi connectivity index (χ0) is 13.6. The van der Waals surface area contributed by atoms with Crippen LogP contribution in [0.4, 0.5) is 13.2 Å². The third-order valence-corrected chi connectivity index (χ3v) is 2.24. The monoisotopic (exact) mass is 267 g/mol. The van der Waals surface area contributed by atoms with Crippen molar-refractivity contribution in [2.24, 2.45) is 5.84 Å². The predicted molar refractivity (Wildman–Crippen MR) is 57.4 cm³/mol. The third kappa shape index (κ3) is 4.98. The number of nitrogens with two attached hydrogens (primary N) is 1. The van der Waals surface area contributed by atoms with Crippen LogP contribution in [0.5, 0.6) is 0 Å². The molecule has 3 N–H and O–H groups in total. The van der Waals surface area contributed by atoms with E-state index in [1.807, 2.05) is 6.92 Å². The molecule has 1 rings (SSSR count). The van der Waals surface area contributed by atoms with Gasteiger partial charge in [0.2, 0.25) is 0 Å². The molecule has 6 nitrogen and oxygen atoms in total. The molecular weight excluding hydrogens is 251 g/mol. The lowest BCUT2D eigenvalue weighted by molar-refractivity contribution is -0.175. The molecule has 1 aromatic rings. The van der Waals surface area contributed by atoms with Gasteiger partial charge < -0.3 is 4.74 Å². The quantitative estimate of drug-likeness (QED) is 0.547. The maximum absolute atomic E-state index is 11.9. The number of hydrogen-bond donors (Lipinski definition) is 2. The average molecular weight is 267 g/mol. The molecule has 1 aromatic heterocycles. The molecule has 0 aliphatic heterocycles. The van der Waals surface area contributed by atoms with Gasteiger partial charge in [-0.1, -0.05) is 0 Å². The molecule has 0 saturated heterocycles. The van der Waals surface area contributed by atoms with Crippen LogP contribution in [0.1, 0.15) is 12.7 Å². The summed E-state index contributed by atoms with van der Waals surface area (Å²) in [5.74, 6) is 5.91. The Labute approximate surface area is 102 Å². The lowest BCUT2D eigenvalue weighted by Crippen LogP contribution is -2.41. The van der Waals surface area contributed by atoms with Crippen LogP contribution in [-0.4, -0.2) is 40.2 Å². The molecule has 0 aliphatic carbocycles. The first-order valence-corrected chi connectivity index (χ1v) is 5.43. The SMILES string of the molecule is CCn1ncnc1CC(COCC(F)(F)F)NN. The maximum atomic E-state index is 11.9. The fraction of sp³-hybridized carbons (Fsp3) is 0.778. The van der Waals surface area contributed by atoms with Crippen LogP contribution in [0, 0.1) is 0 Å². The van der Waals surface area contributed by atoms with Crippen molar-refractivity contribution in [3.8, 4) is 0 Å². The summed E-state index contributed by atoms with van der Waals surface area (Å²) in [5.41, 5.74) is 2.40. The standard InChI is InChI=1S/C9H16F3N5O/c1-2-17-8(14-6-15-17)3-7(16-13)4-18-5-9(10,11)12/h6-7,16H,2-5,13H2,1H3. The van der Waals surface area contributed by atoms with Gasteiger partial charge in [-0.05, 0) is 6.92 Å². The van der Waals surface area contributed by atoms with E-state index in [9.17, 15) is 13.2 Å². The van der Waals surface area contributed by atoms with Crippen LogP contribution in [0.2, 0.25) is 0 Å². The molecule has 104 valence electrons. The predicted octanol–water partition coefficient (Wildman–Crippen LogP) is 0.251. The number of aromatic nitrogens is 3. The van der Waals surface area contributed by atoms with Gasteiger partial charge in [0.1, 0.15) is 18.8 Å². The highest BCUT2D eigenvalue weighted by atomic mass is 19.4. The molecule has 0 amide bonds. The number of nitrogens with zero attached hydrogens (tertiary/aromatic N) is 3. The Kier molecular flexibility index (Phi) is 5.51.